The number of morpholine rings is 6. The number of hydrogen-bond donors (Lipinski definition) is 1. The van der Waals surface area contributed by atoms with Crippen molar-refractivity contribution in [2.75, 3.05) is 221 Å². The summed E-state index contributed by atoms with van der Waals surface area (Å²) < 4.78 is 167. The molecule has 106 heavy (non-hydrogen) atoms. The maximum atomic E-state index is 14.0. The van der Waals surface area contributed by atoms with Gasteiger partial charge in [-0.25, -0.2) is 54.8 Å². The van der Waals surface area contributed by atoms with E-state index in [0.717, 1.165) is 101 Å². The Labute approximate surface area is 614 Å². The summed E-state index contributed by atoms with van der Waals surface area (Å²) in [5.41, 5.74) is 0.858. The second-order valence-corrected chi connectivity index (χ2v) is 26.5. The van der Waals surface area contributed by atoms with E-state index in [-0.39, 0.29) is 53.1 Å². The van der Waals surface area contributed by atoms with E-state index in [1.165, 1.54) is 12.7 Å². The van der Waals surface area contributed by atoms with E-state index in [1.54, 1.807) is 71.8 Å². The van der Waals surface area contributed by atoms with Gasteiger partial charge in [-0.1, -0.05) is 7.43 Å². The molecule has 0 bridgehead atoms. The second kappa shape index (κ2) is 36.0. The monoisotopic (exact) mass is 1520 g/mol. The Hall–Kier alpha value is -8.37. The van der Waals surface area contributed by atoms with E-state index in [1.807, 2.05) is 31.7 Å². The maximum absolute atomic E-state index is 14.0. The SMILES string of the molecule is C.CN(C)C=Nc1cc(C(F)(F)F)c(-c2nc(N3CCOCC3)cc(N3CCOCC3)n2)cn1.CN(C)C=Nc1cc(C(F)(F)F)c(B2OC(C)(C)C(C)(C)O2)cn1.Clc1nc(N2CCOCC2)cc(N2CCOCC2)n1.Nc1cc(C(F)(F)F)c(-c2nc(N3CCOCC3)cc(N3CCOCC3)n2)cn1. The zero-order chi connectivity index (χ0) is 75.3. The molecular weight excluding hydrogens is 1430 g/mol. The van der Waals surface area contributed by atoms with Crippen LogP contribution in [0.15, 0.2) is 65.0 Å². The van der Waals surface area contributed by atoms with E-state index in [4.69, 9.17) is 55.1 Å². The Morgan fingerprint density at radius 3 is 1.00 bits per heavy atom. The number of ether oxygens (including phenoxy) is 6. The van der Waals surface area contributed by atoms with Crippen molar-refractivity contribution in [2.45, 2.75) is 64.9 Å². The van der Waals surface area contributed by atoms with Gasteiger partial charge in [0.05, 0.1) is 131 Å². The maximum Gasteiger partial charge on any atom is 0.497 e. The first kappa shape index (κ1) is 81.7. The van der Waals surface area contributed by atoms with Crippen molar-refractivity contribution in [3.63, 3.8) is 0 Å². The summed E-state index contributed by atoms with van der Waals surface area (Å²) in [6.45, 7) is 22.5. The summed E-state index contributed by atoms with van der Waals surface area (Å²) in [4.78, 5) is 62.0. The van der Waals surface area contributed by atoms with Crippen molar-refractivity contribution >= 4 is 89.2 Å². The number of pyridine rings is 3. The highest BCUT2D eigenvalue weighted by molar-refractivity contribution is 6.62. The minimum Gasteiger partial charge on any atom is -0.399 e. The molecule has 13 rings (SSSR count). The summed E-state index contributed by atoms with van der Waals surface area (Å²) in [5, 5.41) is 0.297. The minimum atomic E-state index is -4.63. The topological polar surface area (TPSA) is 267 Å². The third-order valence-corrected chi connectivity index (χ3v) is 17.7. The molecule has 0 aromatic carbocycles. The molecule has 0 saturated carbocycles. The summed E-state index contributed by atoms with van der Waals surface area (Å²) in [7, 11) is 5.74. The smallest absolute Gasteiger partial charge is 0.399 e. The lowest BCUT2D eigenvalue weighted by atomic mass is 9.77. The number of anilines is 7. The third kappa shape index (κ3) is 21.9. The van der Waals surface area contributed by atoms with Gasteiger partial charge in [-0.3, -0.25) is 0 Å². The van der Waals surface area contributed by atoms with Gasteiger partial charge < -0.3 is 82.7 Å². The largest absolute Gasteiger partial charge is 0.497 e. The van der Waals surface area contributed by atoms with Crippen LogP contribution in [0.2, 0.25) is 5.28 Å². The predicted molar refractivity (Wildman–Crippen MR) is 386 cm³/mol. The Morgan fingerprint density at radius 2 is 0.698 bits per heavy atom. The van der Waals surface area contributed by atoms with Crippen molar-refractivity contribution in [3.8, 4) is 22.8 Å². The number of halogens is 10. The molecule has 6 aromatic rings. The van der Waals surface area contributed by atoms with Gasteiger partial charge >= 0.3 is 25.6 Å². The molecule has 0 unspecified atom stereocenters. The Kier molecular flexibility index (Phi) is 27.8. The summed E-state index contributed by atoms with van der Waals surface area (Å²) in [5.74, 6) is 3.66. The number of nitrogens with two attached hydrogens (primary N) is 1. The number of aromatic nitrogens is 9. The average Bonchev–Trinajstić information content (AvgIpc) is 1.57. The van der Waals surface area contributed by atoms with Crippen LogP contribution >= 0.6 is 11.6 Å². The number of aliphatic imine (C=N–C) groups is 2. The fourth-order valence-corrected chi connectivity index (χ4v) is 11.5. The lowest BCUT2D eigenvalue weighted by Gasteiger charge is -2.32. The van der Waals surface area contributed by atoms with E-state index in [9.17, 15) is 39.5 Å². The first-order valence-corrected chi connectivity index (χ1v) is 34.3. The van der Waals surface area contributed by atoms with Crippen molar-refractivity contribution < 1.29 is 77.2 Å². The quantitative estimate of drug-likeness (QED) is 0.0374. The van der Waals surface area contributed by atoms with Gasteiger partial charge in [0, 0.05) is 149 Å². The molecular formula is C67H89BClF9N20O8. The molecule has 28 nitrogen and oxygen atoms in total. The molecule has 7 saturated heterocycles. The highest BCUT2D eigenvalue weighted by Crippen LogP contribution is 2.42. The number of alkyl halides is 9. The average molecular weight is 1520 g/mol. The third-order valence-electron chi connectivity index (χ3n) is 17.6. The molecule has 0 spiro atoms. The highest BCUT2D eigenvalue weighted by atomic mass is 35.5. The molecule has 7 aliphatic heterocycles. The normalized spacial score (nSPS) is 18.7. The molecule has 0 aliphatic carbocycles. The van der Waals surface area contributed by atoms with Crippen LogP contribution in [0.3, 0.4) is 0 Å². The van der Waals surface area contributed by atoms with Gasteiger partial charge in [0.1, 0.15) is 40.7 Å². The highest BCUT2D eigenvalue weighted by Gasteiger charge is 2.54. The number of rotatable bonds is 13. The predicted octanol–water partition coefficient (Wildman–Crippen LogP) is 8.33. The molecule has 13 heterocycles. The first-order valence-electron chi connectivity index (χ1n) is 33.9. The standard InChI is InChI=1S/C21H26F3N7O2.C18H21F3N6O2.C15H21BF3N3O2.C12H17ClN4O2.CH4/c1-29(2)14-26-17-11-16(21(22,23)24)15(13-25-17)20-27-18(30-3-7-32-8-4-30)12-19(28-20)31-5-9-33-10-6-31;19-18(20,21)13-9-14(22)23-11-12(13)17-24-15(26-1-5-28-6-2-26)10-16(25-17)27-3-7-29-8-4-27;1-13(2)14(3,4)24-16(23-13)11-8-20-12(21-9-22(5)6)7-10(11)15(17,18)19;13-12-14-10(16-1-5-18-6-2-16)9-11(15-12)17-3-7-19-8-4-17;/h11-14H,3-10H2,1-2H3;9-11H,1-8H2,(H2,22,23);7-9H,1-6H3;9H,1-8H2;1H4. The molecule has 578 valence electrons. The molecule has 7 aliphatic rings. The van der Waals surface area contributed by atoms with Gasteiger partial charge in [0.2, 0.25) is 5.28 Å². The van der Waals surface area contributed by atoms with Gasteiger partial charge in [0.25, 0.3) is 0 Å². The Morgan fingerprint density at radius 1 is 0.425 bits per heavy atom. The molecule has 0 amide bonds. The van der Waals surface area contributed by atoms with Crippen molar-refractivity contribution in [1.82, 2.24) is 54.7 Å². The first-order chi connectivity index (χ1) is 49.9. The number of nitrogens with zero attached hydrogens (tertiary/aromatic N) is 19. The van der Waals surface area contributed by atoms with Crippen molar-refractivity contribution in [3.05, 3.63) is 77.0 Å². The van der Waals surface area contributed by atoms with Crippen LogP contribution in [0.25, 0.3) is 22.8 Å². The molecule has 2 N–H and O–H groups in total. The lowest BCUT2D eigenvalue weighted by Crippen LogP contribution is -2.41. The molecule has 7 fully saturated rings. The summed E-state index contributed by atoms with van der Waals surface area (Å²) in [6.07, 6.45) is -7.67. The molecule has 0 atom stereocenters. The summed E-state index contributed by atoms with van der Waals surface area (Å²) in [6, 6.07) is 8.26. The van der Waals surface area contributed by atoms with Crippen LogP contribution in [0, 0.1) is 0 Å². The Bertz CT molecular complexity index is 3790. The fraction of sp³-hybridized carbons (Fsp3) is 0.567. The number of nitrogen functional groups attached to an aromatic ring is 1. The lowest BCUT2D eigenvalue weighted by molar-refractivity contribution is -0.137. The van der Waals surface area contributed by atoms with E-state index < -0.39 is 53.5 Å². The Balaban J connectivity index is 0.000000166. The summed E-state index contributed by atoms with van der Waals surface area (Å²) >= 11 is 6.05. The van der Waals surface area contributed by atoms with Gasteiger partial charge in [-0.2, -0.15) is 39.5 Å². The zero-order valence-corrected chi connectivity index (χ0v) is 60.3. The molecule has 0 radical (unpaired) electrons. The van der Waals surface area contributed by atoms with Crippen molar-refractivity contribution in [1.29, 1.82) is 0 Å². The van der Waals surface area contributed by atoms with Gasteiger partial charge in [-0.15, -0.1) is 0 Å². The fourth-order valence-electron chi connectivity index (χ4n) is 11.3. The van der Waals surface area contributed by atoms with Crippen LogP contribution in [-0.4, -0.2) is 272 Å². The second-order valence-electron chi connectivity index (χ2n) is 26.1. The zero-order valence-electron chi connectivity index (χ0n) is 59.5. The van der Waals surface area contributed by atoms with Crippen LogP contribution in [0.1, 0.15) is 51.8 Å². The van der Waals surface area contributed by atoms with E-state index >= 15 is 0 Å². The van der Waals surface area contributed by atoms with Crippen LogP contribution in [0.5, 0.6) is 0 Å². The molecule has 39 heteroatoms. The van der Waals surface area contributed by atoms with Crippen LogP contribution in [0.4, 0.5) is 91.9 Å². The van der Waals surface area contributed by atoms with E-state index in [2.05, 4.69) is 64.6 Å². The van der Waals surface area contributed by atoms with Crippen molar-refractivity contribution in [2.24, 2.45) is 9.98 Å². The molecule has 6 aromatic heterocycles. The van der Waals surface area contributed by atoms with Crippen LogP contribution in [-0.2, 0) is 56.3 Å². The van der Waals surface area contributed by atoms with Gasteiger partial charge in [0.15, 0.2) is 23.3 Å². The van der Waals surface area contributed by atoms with E-state index in [0.29, 0.717) is 134 Å². The van der Waals surface area contributed by atoms with Gasteiger partial charge in [-0.05, 0) is 57.5 Å². The number of hydrogen-bond acceptors (Lipinski definition) is 26. The minimum absolute atomic E-state index is 0. The van der Waals surface area contributed by atoms with Crippen LogP contribution < -0.4 is 40.6 Å².